The lowest BCUT2D eigenvalue weighted by atomic mass is 10.1. The van der Waals surface area contributed by atoms with Crippen LogP contribution >= 0.6 is 0 Å². The van der Waals surface area contributed by atoms with Gasteiger partial charge in [-0.25, -0.2) is 0 Å². The molecule has 1 atom stereocenters. The Labute approximate surface area is 90.1 Å². The zero-order chi connectivity index (χ0) is 11.4. The molecule has 0 aliphatic rings. The van der Waals surface area contributed by atoms with E-state index in [4.69, 9.17) is 0 Å². The highest BCUT2D eigenvalue weighted by Crippen LogP contribution is 2.21. The zero-order valence-corrected chi connectivity index (χ0v) is 9.37. The summed E-state index contributed by atoms with van der Waals surface area (Å²) in [4.78, 5) is 11.5. The molecule has 1 aromatic carbocycles. The largest absolute Gasteiger partial charge is 0.508 e. The molecule has 82 valence electrons. The number of rotatable bonds is 3. The van der Waals surface area contributed by atoms with Crippen molar-refractivity contribution in [2.24, 2.45) is 5.92 Å². The fraction of sp³-hybridized carbons (Fsp3) is 0.417. The average molecular weight is 207 g/mol. The predicted octanol–water partition coefficient (Wildman–Crippen LogP) is 2.69. The molecule has 15 heavy (non-hydrogen) atoms. The van der Waals surface area contributed by atoms with Crippen molar-refractivity contribution >= 4 is 11.6 Å². The Morgan fingerprint density at radius 2 is 2.20 bits per heavy atom. The van der Waals surface area contributed by atoms with E-state index in [1.54, 1.807) is 18.2 Å². The Balaban J connectivity index is 2.73. The molecule has 0 aliphatic heterocycles. The Morgan fingerprint density at radius 1 is 1.53 bits per heavy atom. The van der Waals surface area contributed by atoms with Crippen LogP contribution in [0.4, 0.5) is 5.69 Å². The number of benzene rings is 1. The lowest BCUT2D eigenvalue weighted by Crippen LogP contribution is -2.19. The van der Waals surface area contributed by atoms with Gasteiger partial charge in [0.25, 0.3) is 0 Å². The topological polar surface area (TPSA) is 49.3 Å². The number of hydrogen-bond donors (Lipinski definition) is 2. The number of hydrogen-bond acceptors (Lipinski definition) is 2. The van der Waals surface area contributed by atoms with Gasteiger partial charge in [0.1, 0.15) is 5.75 Å². The Bertz CT molecular complexity index is 361. The third-order valence-corrected chi connectivity index (χ3v) is 2.54. The summed E-state index contributed by atoms with van der Waals surface area (Å²) in [6.07, 6.45) is 0.809. The van der Waals surface area contributed by atoms with Crippen molar-refractivity contribution in [3.8, 4) is 5.75 Å². The molecule has 1 rings (SSSR count). The van der Waals surface area contributed by atoms with Gasteiger partial charge in [0.2, 0.25) is 5.91 Å². The number of carbonyl (C=O) groups excluding carboxylic acids is 1. The van der Waals surface area contributed by atoms with E-state index in [0.717, 1.165) is 12.0 Å². The maximum absolute atomic E-state index is 11.5. The number of aromatic hydroxyl groups is 1. The number of anilines is 1. The van der Waals surface area contributed by atoms with Gasteiger partial charge in [-0.3, -0.25) is 4.79 Å². The van der Waals surface area contributed by atoms with Gasteiger partial charge in [-0.1, -0.05) is 19.9 Å². The van der Waals surface area contributed by atoms with E-state index in [1.807, 2.05) is 20.8 Å². The van der Waals surface area contributed by atoms with Crippen LogP contribution in [0, 0.1) is 12.8 Å². The summed E-state index contributed by atoms with van der Waals surface area (Å²) in [6, 6.07) is 5.13. The molecule has 0 saturated heterocycles. The third kappa shape index (κ3) is 2.98. The highest BCUT2D eigenvalue weighted by molar-refractivity contribution is 5.92. The highest BCUT2D eigenvalue weighted by atomic mass is 16.3. The minimum absolute atomic E-state index is 0.00607. The fourth-order valence-electron chi connectivity index (χ4n) is 1.14. The third-order valence-electron chi connectivity index (χ3n) is 2.54. The number of amides is 1. The van der Waals surface area contributed by atoms with E-state index in [1.165, 1.54) is 0 Å². The summed E-state index contributed by atoms with van der Waals surface area (Å²) in [6.45, 7) is 5.66. The summed E-state index contributed by atoms with van der Waals surface area (Å²) in [5.41, 5.74) is 1.44. The Hall–Kier alpha value is -1.51. The number of nitrogens with one attached hydrogen (secondary N) is 1. The first-order valence-corrected chi connectivity index (χ1v) is 5.15. The maximum Gasteiger partial charge on any atom is 0.227 e. The van der Waals surface area contributed by atoms with Gasteiger partial charge in [0.05, 0.1) is 0 Å². The first-order chi connectivity index (χ1) is 7.04. The molecule has 0 fully saturated rings. The first kappa shape index (κ1) is 11.6. The standard InChI is InChI=1S/C12H17NO2/c1-4-8(2)12(15)13-10-6-5-9(3)11(14)7-10/h5-8,14H,4H2,1-3H3,(H,13,15). The Morgan fingerprint density at radius 3 is 2.73 bits per heavy atom. The number of aryl methyl sites for hydroxylation is 1. The van der Waals surface area contributed by atoms with Gasteiger partial charge in [-0.2, -0.15) is 0 Å². The second-order valence-corrected chi connectivity index (χ2v) is 3.80. The first-order valence-electron chi connectivity index (χ1n) is 5.15. The molecule has 0 radical (unpaired) electrons. The van der Waals surface area contributed by atoms with Gasteiger partial charge in [-0.15, -0.1) is 0 Å². The molecular formula is C12H17NO2. The monoisotopic (exact) mass is 207 g/mol. The second-order valence-electron chi connectivity index (χ2n) is 3.80. The van der Waals surface area contributed by atoms with Crippen LogP contribution in [0.2, 0.25) is 0 Å². The van der Waals surface area contributed by atoms with Crippen molar-refractivity contribution in [2.45, 2.75) is 27.2 Å². The van der Waals surface area contributed by atoms with E-state index in [2.05, 4.69) is 5.32 Å². The summed E-state index contributed by atoms with van der Waals surface area (Å²) < 4.78 is 0. The molecule has 0 aromatic heterocycles. The van der Waals surface area contributed by atoms with E-state index in [-0.39, 0.29) is 17.6 Å². The molecule has 1 amide bonds. The van der Waals surface area contributed by atoms with Crippen LogP contribution in [0.5, 0.6) is 5.75 Å². The molecule has 0 bridgehead atoms. The zero-order valence-electron chi connectivity index (χ0n) is 9.37. The quantitative estimate of drug-likeness (QED) is 0.800. The van der Waals surface area contributed by atoms with Gasteiger partial charge in [0.15, 0.2) is 0 Å². The lowest BCUT2D eigenvalue weighted by molar-refractivity contribution is -0.119. The smallest absolute Gasteiger partial charge is 0.227 e. The van der Waals surface area contributed by atoms with Crippen LogP contribution < -0.4 is 5.32 Å². The Kier molecular flexibility index (Phi) is 3.72. The average Bonchev–Trinajstić information content (AvgIpc) is 2.22. The van der Waals surface area contributed by atoms with Gasteiger partial charge in [0, 0.05) is 17.7 Å². The second kappa shape index (κ2) is 4.82. The van der Waals surface area contributed by atoms with Gasteiger partial charge < -0.3 is 10.4 Å². The van der Waals surface area contributed by atoms with Crippen LogP contribution in [0.3, 0.4) is 0 Å². The molecular weight excluding hydrogens is 190 g/mol. The van der Waals surface area contributed by atoms with Crippen LogP contribution in [-0.2, 0) is 4.79 Å². The maximum atomic E-state index is 11.5. The van der Waals surface area contributed by atoms with Crippen LogP contribution in [0.1, 0.15) is 25.8 Å². The summed E-state index contributed by atoms with van der Waals surface area (Å²) in [5, 5.41) is 12.2. The molecule has 0 spiro atoms. The van der Waals surface area contributed by atoms with E-state index >= 15 is 0 Å². The number of phenolic OH excluding ortho intramolecular Hbond substituents is 1. The fourth-order valence-corrected chi connectivity index (χ4v) is 1.14. The van der Waals surface area contributed by atoms with E-state index in [9.17, 15) is 9.90 Å². The van der Waals surface area contributed by atoms with Crippen molar-refractivity contribution in [2.75, 3.05) is 5.32 Å². The van der Waals surface area contributed by atoms with Crippen molar-refractivity contribution in [3.05, 3.63) is 23.8 Å². The van der Waals surface area contributed by atoms with Crippen LogP contribution in [0.25, 0.3) is 0 Å². The van der Waals surface area contributed by atoms with Crippen LogP contribution in [0.15, 0.2) is 18.2 Å². The number of carbonyl (C=O) groups is 1. The number of phenols is 1. The van der Waals surface area contributed by atoms with Crippen molar-refractivity contribution in [3.63, 3.8) is 0 Å². The van der Waals surface area contributed by atoms with Gasteiger partial charge in [-0.05, 0) is 25.0 Å². The van der Waals surface area contributed by atoms with Gasteiger partial charge >= 0.3 is 0 Å². The van der Waals surface area contributed by atoms with E-state index in [0.29, 0.717) is 5.69 Å². The summed E-state index contributed by atoms with van der Waals surface area (Å²) >= 11 is 0. The lowest BCUT2D eigenvalue weighted by Gasteiger charge is -2.10. The van der Waals surface area contributed by atoms with E-state index < -0.39 is 0 Å². The molecule has 0 heterocycles. The molecule has 0 saturated carbocycles. The summed E-state index contributed by atoms with van der Waals surface area (Å²) in [5.74, 6) is 0.186. The minimum Gasteiger partial charge on any atom is -0.508 e. The minimum atomic E-state index is -0.0132. The molecule has 1 aromatic rings. The highest BCUT2D eigenvalue weighted by Gasteiger charge is 2.10. The van der Waals surface area contributed by atoms with Crippen molar-refractivity contribution < 1.29 is 9.90 Å². The van der Waals surface area contributed by atoms with Crippen molar-refractivity contribution in [1.29, 1.82) is 0 Å². The molecule has 1 unspecified atom stereocenters. The summed E-state index contributed by atoms with van der Waals surface area (Å²) in [7, 11) is 0. The molecule has 3 nitrogen and oxygen atoms in total. The predicted molar refractivity (Wildman–Crippen MR) is 60.9 cm³/mol. The SMILES string of the molecule is CCC(C)C(=O)Nc1ccc(C)c(O)c1. The molecule has 2 N–H and O–H groups in total. The van der Waals surface area contributed by atoms with Crippen LogP contribution in [-0.4, -0.2) is 11.0 Å². The molecule has 0 aliphatic carbocycles. The van der Waals surface area contributed by atoms with Crippen molar-refractivity contribution in [1.82, 2.24) is 0 Å². The molecule has 3 heteroatoms. The normalized spacial score (nSPS) is 12.2.